The fourth-order valence-corrected chi connectivity index (χ4v) is 4.97. The maximum Gasteiger partial charge on any atom is 0.257 e. The third-order valence-electron chi connectivity index (χ3n) is 5.21. The third-order valence-corrected chi connectivity index (χ3v) is 6.26. The van der Waals surface area contributed by atoms with E-state index in [9.17, 15) is 4.79 Å². The average molecular weight is 365 g/mol. The Morgan fingerprint density at radius 2 is 2.12 bits per heavy atom. The molecule has 6 heteroatoms. The number of carbonyl (C=O) groups is 1. The van der Waals surface area contributed by atoms with E-state index in [4.69, 9.17) is 16.0 Å². The summed E-state index contributed by atoms with van der Waals surface area (Å²) in [4.78, 5) is 19.3. The van der Waals surface area contributed by atoms with Crippen LogP contribution in [-0.4, -0.2) is 34.1 Å². The molecule has 1 aromatic heterocycles. The van der Waals surface area contributed by atoms with Gasteiger partial charge in [-0.05, 0) is 43.7 Å². The SMILES string of the molecule is O=C(CSc1nc2ccc(Cl)cc2o1)N1CCCC2CCCCC21. The Balaban J connectivity index is 1.41. The monoisotopic (exact) mass is 364 g/mol. The molecule has 0 spiro atoms. The second-order valence-corrected chi connectivity index (χ2v) is 8.08. The predicted octanol–water partition coefficient (Wildman–Crippen LogP) is 4.75. The normalized spacial score (nSPS) is 24.1. The second-order valence-electron chi connectivity index (χ2n) is 6.72. The van der Waals surface area contributed by atoms with Gasteiger partial charge in [0.25, 0.3) is 5.22 Å². The molecule has 1 saturated heterocycles. The molecule has 4 nitrogen and oxygen atoms in total. The zero-order valence-electron chi connectivity index (χ0n) is 13.5. The number of piperidine rings is 1. The number of halogens is 1. The van der Waals surface area contributed by atoms with Crippen LogP contribution in [0.25, 0.3) is 11.1 Å². The fourth-order valence-electron chi connectivity index (χ4n) is 4.08. The molecule has 2 heterocycles. The van der Waals surface area contributed by atoms with Crippen molar-refractivity contribution in [1.29, 1.82) is 0 Å². The van der Waals surface area contributed by atoms with Crippen LogP contribution in [0, 0.1) is 5.92 Å². The Morgan fingerprint density at radius 3 is 3.04 bits per heavy atom. The van der Waals surface area contributed by atoms with Crippen LogP contribution in [0.4, 0.5) is 0 Å². The Morgan fingerprint density at radius 1 is 1.29 bits per heavy atom. The van der Waals surface area contributed by atoms with Crippen molar-refractivity contribution in [2.45, 2.75) is 49.8 Å². The van der Waals surface area contributed by atoms with Crippen molar-refractivity contribution in [1.82, 2.24) is 9.88 Å². The first-order chi connectivity index (χ1) is 11.7. The van der Waals surface area contributed by atoms with Gasteiger partial charge in [0.1, 0.15) is 5.52 Å². The highest BCUT2D eigenvalue weighted by Gasteiger charge is 2.35. The Hall–Kier alpha value is -1.20. The molecule has 24 heavy (non-hydrogen) atoms. The van der Waals surface area contributed by atoms with E-state index in [1.54, 1.807) is 12.1 Å². The van der Waals surface area contributed by atoms with E-state index in [2.05, 4.69) is 9.88 Å². The van der Waals surface area contributed by atoms with Gasteiger partial charge in [-0.25, -0.2) is 4.98 Å². The number of rotatable bonds is 3. The number of amides is 1. The van der Waals surface area contributed by atoms with Gasteiger partial charge in [-0.2, -0.15) is 0 Å². The zero-order chi connectivity index (χ0) is 16.5. The lowest BCUT2D eigenvalue weighted by Crippen LogP contribution is -2.50. The van der Waals surface area contributed by atoms with E-state index in [-0.39, 0.29) is 5.91 Å². The van der Waals surface area contributed by atoms with Crippen molar-refractivity contribution in [2.75, 3.05) is 12.3 Å². The molecule has 1 saturated carbocycles. The maximum atomic E-state index is 12.7. The van der Waals surface area contributed by atoms with E-state index >= 15 is 0 Å². The molecule has 1 aliphatic heterocycles. The van der Waals surface area contributed by atoms with E-state index in [0.29, 0.717) is 33.5 Å². The molecule has 1 aliphatic carbocycles. The number of oxazole rings is 1. The molecule has 2 aliphatic rings. The van der Waals surface area contributed by atoms with Gasteiger partial charge in [-0.1, -0.05) is 36.2 Å². The van der Waals surface area contributed by atoms with E-state index in [1.807, 2.05) is 6.07 Å². The van der Waals surface area contributed by atoms with Gasteiger partial charge in [-0.3, -0.25) is 4.79 Å². The topological polar surface area (TPSA) is 46.3 Å². The van der Waals surface area contributed by atoms with Crippen LogP contribution in [0.15, 0.2) is 27.8 Å². The van der Waals surface area contributed by atoms with Crippen LogP contribution in [0.3, 0.4) is 0 Å². The summed E-state index contributed by atoms with van der Waals surface area (Å²) >= 11 is 7.35. The van der Waals surface area contributed by atoms with Crippen molar-refractivity contribution in [2.24, 2.45) is 5.92 Å². The predicted molar refractivity (Wildman–Crippen MR) is 96.4 cm³/mol. The molecule has 1 aromatic carbocycles. The molecule has 0 N–H and O–H groups in total. The summed E-state index contributed by atoms with van der Waals surface area (Å²) in [6.07, 6.45) is 7.45. The molecule has 0 radical (unpaired) electrons. The lowest BCUT2D eigenvalue weighted by molar-refractivity contribution is -0.134. The molecule has 1 amide bonds. The first-order valence-corrected chi connectivity index (χ1v) is 10.1. The fraction of sp³-hybridized carbons (Fsp3) is 0.556. The van der Waals surface area contributed by atoms with Crippen molar-refractivity contribution >= 4 is 40.4 Å². The van der Waals surface area contributed by atoms with Gasteiger partial charge in [0.15, 0.2) is 5.58 Å². The van der Waals surface area contributed by atoms with E-state index in [0.717, 1.165) is 18.5 Å². The van der Waals surface area contributed by atoms with Crippen LogP contribution < -0.4 is 0 Å². The van der Waals surface area contributed by atoms with Gasteiger partial charge >= 0.3 is 0 Å². The van der Waals surface area contributed by atoms with E-state index < -0.39 is 0 Å². The zero-order valence-corrected chi connectivity index (χ0v) is 15.1. The van der Waals surface area contributed by atoms with Gasteiger partial charge < -0.3 is 9.32 Å². The molecule has 0 bridgehead atoms. The Labute approximate surface area is 150 Å². The van der Waals surface area contributed by atoms with E-state index in [1.165, 1.54) is 43.9 Å². The van der Waals surface area contributed by atoms with Crippen LogP contribution in [0.1, 0.15) is 38.5 Å². The number of hydrogen-bond donors (Lipinski definition) is 0. The highest BCUT2D eigenvalue weighted by atomic mass is 35.5. The molecular weight excluding hydrogens is 344 g/mol. The summed E-state index contributed by atoms with van der Waals surface area (Å²) in [5.41, 5.74) is 1.45. The van der Waals surface area contributed by atoms with Gasteiger partial charge in [0, 0.05) is 23.7 Å². The third kappa shape index (κ3) is 3.29. The molecule has 4 rings (SSSR count). The van der Waals surface area contributed by atoms with Crippen LogP contribution in [-0.2, 0) is 4.79 Å². The minimum atomic E-state index is 0.219. The summed E-state index contributed by atoms with van der Waals surface area (Å²) in [6, 6.07) is 5.85. The summed E-state index contributed by atoms with van der Waals surface area (Å²) < 4.78 is 5.69. The van der Waals surface area contributed by atoms with Crippen molar-refractivity contribution < 1.29 is 9.21 Å². The molecular formula is C18H21ClN2O2S. The summed E-state index contributed by atoms with van der Waals surface area (Å²) in [6.45, 7) is 0.906. The quantitative estimate of drug-likeness (QED) is 0.737. The highest BCUT2D eigenvalue weighted by Crippen LogP contribution is 2.36. The second kappa shape index (κ2) is 6.96. The van der Waals surface area contributed by atoms with Crippen LogP contribution in [0.5, 0.6) is 0 Å². The van der Waals surface area contributed by atoms with Gasteiger partial charge in [-0.15, -0.1) is 0 Å². The number of benzene rings is 1. The number of fused-ring (bicyclic) bond motifs is 2. The summed E-state index contributed by atoms with van der Waals surface area (Å²) in [5.74, 6) is 1.33. The minimum absolute atomic E-state index is 0.219. The van der Waals surface area contributed by atoms with Gasteiger partial charge in [0.2, 0.25) is 5.91 Å². The Kier molecular flexibility index (Phi) is 4.72. The smallest absolute Gasteiger partial charge is 0.257 e. The number of nitrogens with zero attached hydrogens (tertiary/aromatic N) is 2. The number of likely N-dealkylation sites (tertiary alicyclic amines) is 1. The largest absolute Gasteiger partial charge is 0.431 e. The number of hydrogen-bond acceptors (Lipinski definition) is 4. The van der Waals surface area contributed by atoms with Gasteiger partial charge in [0.05, 0.1) is 5.75 Å². The molecule has 2 atom stereocenters. The summed E-state index contributed by atoms with van der Waals surface area (Å²) in [5, 5.41) is 1.17. The Bertz CT molecular complexity index is 746. The number of carbonyl (C=O) groups excluding carboxylic acids is 1. The van der Waals surface area contributed by atoms with Crippen LogP contribution in [0.2, 0.25) is 5.02 Å². The maximum absolute atomic E-state index is 12.7. The molecule has 2 unspecified atom stereocenters. The van der Waals surface area contributed by atoms with Crippen LogP contribution >= 0.6 is 23.4 Å². The van der Waals surface area contributed by atoms with Crippen molar-refractivity contribution in [3.63, 3.8) is 0 Å². The number of thioether (sulfide) groups is 1. The molecule has 128 valence electrons. The minimum Gasteiger partial charge on any atom is -0.431 e. The van der Waals surface area contributed by atoms with Crippen molar-refractivity contribution in [3.05, 3.63) is 23.2 Å². The highest BCUT2D eigenvalue weighted by molar-refractivity contribution is 7.99. The first kappa shape index (κ1) is 16.3. The first-order valence-electron chi connectivity index (χ1n) is 8.69. The standard InChI is InChI=1S/C18H21ClN2O2S/c19-13-7-8-14-16(10-13)23-18(20-14)24-11-17(22)21-9-3-5-12-4-1-2-6-15(12)21/h7-8,10,12,15H,1-6,9,11H2. The lowest BCUT2D eigenvalue weighted by Gasteiger charge is -2.44. The van der Waals surface area contributed by atoms with Crippen molar-refractivity contribution in [3.8, 4) is 0 Å². The molecule has 2 aromatic rings. The number of aromatic nitrogens is 1. The lowest BCUT2D eigenvalue weighted by atomic mass is 9.78. The molecule has 2 fully saturated rings. The summed E-state index contributed by atoms with van der Waals surface area (Å²) in [7, 11) is 0. The average Bonchev–Trinajstić information content (AvgIpc) is 3.01.